The molecule has 0 radical (unpaired) electrons. The van der Waals surface area contributed by atoms with Crippen LogP contribution in [0.25, 0.3) is 0 Å². The van der Waals surface area contributed by atoms with Gasteiger partial charge in [0.1, 0.15) is 0 Å². The quantitative estimate of drug-likeness (QED) is 0.741. The van der Waals surface area contributed by atoms with Crippen LogP contribution in [0.15, 0.2) is 0 Å². The minimum absolute atomic E-state index is 0.986. The van der Waals surface area contributed by atoms with E-state index in [0.29, 0.717) is 0 Å². The Labute approximate surface area is 88.1 Å². The predicted octanol–water partition coefficient (Wildman–Crippen LogP) is 2.21. The van der Waals surface area contributed by atoms with Crippen molar-refractivity contribution in [3.8, 4) is 0 Å². The van der Waals surface area contributed by atoms with Gasteiger partial charge in [0.25, 0.3) is 0 Å². The monoisotopic (exact) mass is 196 g/mol. The number of hydrogen-bond donors (Lipinski definition) is 1. The maximum absolute atomic E-state index is 3.62. The van der Waals surface area contributed by atoms with E-state index in [1.54, 1.807) is 0 Å². The van der Waals surface area contributed by atoms with Crippen molar-refractivity contribution in [2.75, 3.05) is 26.3 Å². The van der Waals surface area contributed by atoms with E-state index in [0.717, 1.165) is 12.6 Å². The summed E-state index contributed by atoms with van der Waals surface area (Å²) >= 11 is 0. The van der Waals surface area contributed by atoms with Gasteiger partial charge in [-0.05, 0) is 51.2 Å². The van der Waals surface area contributed by atoms with Gasteiger partial charge in [-0.3, -0.25) is 4.90 Å². The zero-order valence-corrected chi connectivity index (χ0v) is 9.30. The lowest BCUT2D eigenvalue weighted by Crippen LogP contribution is -2.39. The number of likely N-dealkylation sites (tertiary alicyclic amines) is 1. The Morgan fingerprint density at radius 2 is 1.64 bits per heavy atom. The summed E-state index contributed by atoms with van der Waals surface area (Å²) in [4.78, 5) is 2.57. The minimum Gasteiger partial charge on any atom is -0.304 e. The highest BCUT2D eigenvalue weighted by Gasteiger charge is 2.15. The van der Waals surface area contributed by atoms with E-state index >= 15 is 0 Å². The van der Waals surface area contributed by atoms with Gasteiger partial charge in [-0.2, -0.15) is 0 Å². The first-order valence-corrected chi connectivity index (χ1v) is 6.38. The maximum Gasteiger partial charge on any atom is 0.0480 e. The van der Waals surface area contributed by atoms with Gasteiger partial charge in [-0.1, -0.05) is 19.3 Å². The Kier molecular flexibility index (Phi) is 4.26. The average Bonchev–Trinajstić information content (AvgIpc) is 2.72. The highest BCUT2D eigenvalue weighted by atomic mass is 15.2. The van der Waals surface area contributed by atoms with Crippen LogP contribution in [0.3, 0.4) is 0 Å². The number of piperidine rings is 1. The van der Waals surface area contributed by atoms with E-state index in [1.807, 2.05) is 0 Å². The lowest BCUT2D eigenvalue weighted by atomic mass is 10.1. The van der Waals surface area contributed by atoms with E-state index in [4.69, 9.17) is 0 Å². The molecule has 1 saturated carbocycles. The number of hydrogen-bond acceptors (Lipinski definition) is 2. The van der Waals surface area contributed by atoms with Gasteiger partial charge in [0, 0.05) is 6.67 Å². The van der Waals surface area contributed by atoms with Gasteiger partial charge < -0.3 is 5.32 Å². The van der Waals surface area contributed by atoms with Crippen LogP contribution < -0.4 is 5.32 Å². The SMILES string of the molecule is C1CCN(CNCC2CCCC2)CC1. The van der Waals surface area contributed by atoms with Gasteiger partial charge in [-0.25, -0.2) is 0 Å². The molecule has 1 heterocycles. The van der Waals surface area contributed by atoms with Crippen molar-refractivity contribution in [2.45, 2.75) is 44.9 Å². The Bertz CT molecular complexity index is 146. The normalized spacial score (nSPS) is 25.7. The summed E-state index contributed by atoms with van der Waals surface area (Å²) in [6.45, 7) is 5.03. The molecule has 0 atom stereocenters. The van der Waals surface area contributed by atoms with Gasteiger partial charge in [0.05, 0.1) is 0 Å². The standard InChI is InChI=1S/C12H24N2/c1-4-8-14(9-5-1)11-13-10-12-6-2-3-7-12/h12-13H,1-11H2. The van der Waals surface area contributed by atoms with Crippen molar-refractivity contribution in [1.82, 2.24) is 10.2 Å². The van der Waals surface area contributed by atoms with Crippen molar-refractivity contribution in [3.63, 3.8) is 0 Å². The summed E-state index contributed by atoms with van der Waals surface area (Å²) in [5, 5.41) is 3.62. The molecule has 0 spiro atoms. The summed E-state index contributed by atoms with van der Waals surface area (Å²) in [6.07, 6.45) is 10.1. The molecule has 2 heteroatoms. The van der Waals surface area contributed by atoms with Crippen LogP contribution >= 0.6 is 0 Å². The van der Waals surface area contributed by atoms with Gasteiger partial charge in [0.2, 0.25) is 0 Å². The fourth-order valence-electron chi connectivity index (χ4n) is 2.76. The molecule has 0 aromatic carbocycles. The van der Waals surface area contributed by atoms with Crippen LogP contribution in [-0.4, -0.2) is 31.2 Å². The number of nitrogens with zero attached hydrogens (tertiary/aromatic N) is 1. The third-order valence-electron chi connectivity index (χ3n) is 3.69. The third-order valence-corrected chi connectivity index (χ3v) is 3.69. The molecule has 1 saturated heterocycles. The lowest BCUT2D eigenvalue weighted by molar-refractivity contribution is 0.208. The Morgan fingerprint density at radius 1 is 0.929 bits per heavy atom. The van der Waals surface area contributed by atoms with E-state index in [9.17, 15) is 0 Å². The molecule has 0 aromatic rings. The summed E-state index contributed by atoms with van der Waals surface area (Å²) in [6, 6.07) is 0. The first-order chi connectivity index (χ1) is 6.95. The van der Waals surface area contributed by atoms with E-state index in [-0.39, 0.29) is 0 Å². The largest absolute Gasteiger partial charge is 0.304 e. The van der Waals surface area contributed by atoms with Crippen LogP contribution in [0.4, 0.5) is 0 Å². The predicted molar refractivity (Wildman–Crippen MR) is 60.3 cm³/mol. The second-order valence-electron chi connectivity index (χ2n) is 4.94. The molecule has 0 bridgehead atoms. The minimum atomic E-state index is 0.986. The molecule has 0 amide bonds. The molecular formula is C12H24N2. The fourth-order valence-corrected chi connectivity index (χ4v) is 2.76. The number of rotatable bonds is 4. The fraction of sp³-hybridized carbons (Fsp3) is 1.00. The average molecular weight is 196 g/mol. The molecule has 2 fully saturated rings. The third kappa shape index (κ3) is 3.25. The molecule has 0 aromatic heterocycles. The van der Waals surface area contributed by atoms with Crippen molar-refractivity contribution < 1.29 is 0 Å². The first kappa shape index (κ1) is 10.4. The summed E-state index contributed by atoms with van der Waals surface area (Å²) < 4.78 is 0. The van der Waals surface area contributed by atoms with Crippen LogP contribution in [-0.2, 0) is 0 Å². The zero-order valence-electron chi connectivity index (χ0n) is 9.30. The molecule has 1 N–H and O–H groups in total. The molecule has 2 rings (SSSR count). The zero-order chi connectivity index (χ0) is 9.64. The van der Waals surface area contributed by atoms with Gasteiger partial charge in [0.15, 0.2) is 0 Å². The van der Waals surface area contributed by atoms with E-state index in [2.05, 4.69) is 10.2 Å². The van der Waals surface area contributed by atoms with Crippen LogP contribution in [0.2, 0.25) is 0 Å². The summed E-state index contributed by atoms with van der Waals surface area (Å²) in [7, 11) is 0. The van der Waals surface area contributed by atoms with Crippen molar-refractivity contribution in [2.24, 2.45) is 5.92 Å². The first-order valence-electron chi connectivity index (χ1n) is 6.38. The van der Waals surface area contributed by atoms with Crippen LogP contribution in [0.1, 0.15) is 44.9 Å². The smallest absolute Gasteiger partial charge is 0.0480 e. The second kappa shape index (κ2) is 5.72. The molecule has 82 valence electrons. The summed E-state index contributed by atoms with van der Waals surface area (Å²) in [5.41, 5.74) is 0. The van der Waals surface area contributed by atoms with Crippen LogP contribution in [0, 0.1) is 5.92 Å². The Hall–Kier alpha value is -0.0800. The topological polar surface area (TPSA) is 15.3 Å². The Morgan fingerprint density at radius 3 is 2.36 bits per heavy atom. The molecule has 14 heavy (non-hydrogen) atoms. The maximum atomic E-state index is 3.62. The Balaban J connectivity index is 1.52. The highest BCUT2D eigenvalue weighted by molar-refractivity contribution is 4.70. The number of nitrogens with one attached hydrogen (secondary N) is 1. The molecule has 2 nitrogen and oxygen atoms in total. The second-order valence-corrected chi connectivity index (χ2v) is 4.94. The molecular weight excluding hydrogens is 172 g/mol. The van der Waals surface area contributed by atoms with Gasteiger partial charge >= 0.3 is 0 Å². The highest BCUT2D eigenvalue weighted by Crippen LogP contribution is 2.23. The van der Waals surface area contributed by atoms with Crippen LogP contribution in [0.5, 0.6) is 0 Å². The lowest BCUT2D eigenvalue weighted by Gasteiger charge is -2.27. The van der Waals surface area contributed by atoms with Crippen molar-refractivity contribution in [1.29, 1.82) is 0 Å². The van der Waals surface area contributed by atoms with E-state index < -0.39 is 0 Å². The summed E-state index contributed by atoms with van der Waals surface area (Å²) in [5.74, 6) is 0.986. The molecule has 0 unspecified atom stereocenters. The van der Waals surface area contributed by atoms with E-state index in [1.165, 1.54) is 64.6 Å². The molecule has 1 aliphatic heterocycles. The van der Waals surface area contributed by atoms with Crippen molar-refractivity contribution >= 4 is 0 Å². The molecule has 1 aliphatic carbocycles. The van der Waals surface area contributed by atoms with Gasteiger partial charge in [-0.15, -0.1) is 0 Å². The van der Waals surface area contributed by atoms with Crippen molar-refractivity contribution in [3.05, 3.63) is 0 Å². The molecule has 2 aliphatic rings.